The highest BCUT2D eigenvalue weighted by atomic mass is 35.5. The third kappa shape index (κ3) is 3.35. The van der Waals surface area contributed by atoms with E-state index in [0.29, 0.717) is 13.0 Å². The van der Waals surface area contributed by atoms with Gasteiger partial charge in [0.15, 0.2) is 0 Å². The number of nitrogens with zero attached hydrogens (tertiary/aromatic N) is 2. The Hall–Kier alpha value is -1.30. The van der Waals surface area contributed by atoms with Crippen molar-refractivity contribution in [1.82, 2.24) is 9.55 Å². The molecule has 1 aromatic heterocycles. The minimum atomic E-state index is -0.374. The molecule has 2 rings (SSSR count). The number of carbonyl (C=O) groups is 1. The molecule has 100 valence electrons. The van der Waals surface area contributed by atoms with Crippen molar-refractivity contribution in [1.29, 1.82) is 0 Å². The standard InChI is InChI=1S/C11H14N4O.2ClH/c12-6-5-11-14-8-3-1-2-4-9(8)15(11)7-10(13)16;;/h1-4H,5-7,12H2,(H2,13,16);2*1H. The van der Waals surface area contributed by atoms with Gasteiger partial charge in [0.1, 0.15) is 12.4 Å². The highest BCUT2D eigenvalue weighted by Gasteiger charge is 2.10. The van der Waals surface area contributed by atoms with E-state index in [4.69, 9.17) is 11.5 Å². The fraction of sp³-hybridized carbons (Fsp3) is 0.273. The normalized spacial score (nSPS) is 9.61. The molecule has 0 radical (unpaired) electrons. The van der Waals surface area contributed by atoms with Gasteiger partial charge >= 0.3 is 0 Å². The van der Waals surface area contributed by atoms with E-state index in [-0.39, 0.29) is 37.3 Å². The first-order valence-corrected chi connectivity index (χ1v) is 5.15. The monoisotopic (exact) mass is 290 g/mol. The van der Waals surface area contributed by atoms with Crippen molar-refractivity contribution in [2.75, 3.05) is 6.54 Å². The van der Waals surface area contributed by atoms with Crippen LogP contribution in [-0.2, 0) is 17.8 Å². The second-order valence-corrected chi connectivity index (χ2v) is 3.61. The number of nitrogens with two attached hydrogens (primary N) is 2. The van der Waals surface area contributed by atoms with E-state index < -0.39 is 0 Å². The predicted octanol–water partition coefficient (Wildman–Crippen LogP) is 0.866. The molecule has 18 heavy (non-hydrogen) atoms. The van der Waals surface area contributed by atoms with Crippen LogP contribution >= 0.6 is 24.8 Å². The van der Waals surface area contributed by atoms with E-state index in [1.807, 2.05) is 28.8 Å². The van der Waals surface area contributed by atoms with Crippen LogP contribution in [0, 0.1) is 0 Å². The molecule has 1 aromatic carbocycles. The van der Waals surface area contributed by atoms with Gasteiger partial charge in [-0.15, -0.1) is 24.8 Å². The minimum absolute atomic E-state index is 0. The molecular weight excluding hydrogens is 275 g/mol. The van der Waals surface area contributed by atoms with Gasteiger partial charge in [0.05, 0.1) is 11.0 Å². The summed E-state index contributed by atoms with van der Waals surface area (Å²) in [4.78, 5) is 15.4. The Balaban J connectivity index is 0.00000144. The number of para-hydroxylation sites is 2. The summed E-state index contributed by atoms with van der Waals surface area (Å²) < 4.78 is 1.82. The maximum atomic E-state index is 11.0. The van der Waals surface area contributed by atoms with Crippen LogP contribution in [0.3, 0.4) is 0 Å². The Morgan fingerprint density at radius 1 is 1.28 bits per heavy atom. The molecule has 0 atom stereocenters. The first-order valence-electron chi connectivity index (χ1n) is 5.15. The van der Waals surface area contributed by atoms with E-state index in [1.165, 1.54) is 0 Å². The number of halogens is 2. The Bertz CT molecular complexity index is 527. The molecule has 0 fully saturated rings. The topological polar surface area (TPSA) is 86.9 Å². The lowest BCUT2D eigenvalue weighted by Crippen LogP contribution is -2.21. The highest BCUT2D eigenvalue weighted by Crippen LogP contribution is 2.15. The fourth-order valence-electron chi connectivity index (χ4n) is 1.78. The molecule has 7 heteroatoms. The highest BCUT2D eigenvalue weighted by molar-refractivity contribution is 5.85. The number of amides is 1. The van der Waals surface area contributed by atoms with Gasteiger partial charge in [0.2, 0.25) is 5.91 Å². The molecule has 0 aliphatic carbocycles. The summed E-state index contributed by atoms with van der Waals surface area (Å²) in [6, 6.07) is 7.65. The summed E-state index contributed by atoms with van der Waals surface area (Å²) in [5.74, 6) is 0.434. The number of rotatable bonds is 4. The van der Waals surface area contributed by atoms with Crippen molar-refractivity contribution in [2.45, 2.75) is 13.0 Å². The van der Waals surface area contributed by atoms with Gasteiger partial charge in [-0.1, -0.05) is 12.1 Å². The molecular formula is C11H16Cl2N4O. The van der Waals surface area contributed by atoms with Gasteiger partial charge in [-0.2, -0.15) is 0 Å². The Labute approximate surface area is 117 Å². The zero-order chi connectivity index (χ0) is 11.5. The average molecular weight is 291 g/mol. The summed E-state index contributed by atoms with van der Waals surface area (Å²) in [7, 11) is 0. The number of primary amides is 1. The largest absolute Gasteiger partial charge is 0.368 e. The van der Waals surface area contributed by atoms with E-state index in [0.717, 1.165) is 16.9 Å². The van der Waals surface area contributed by atoms with Crippen molar-refractivity contribution in [2.24, 2.45) is 11.5 Å². The van der Waals surface area contributed by atoms with Crippen LogP contribution in [0.15, 0.2) is 24.3 Å². The number of fused-ring (bicyclic) bond motifs is 1. The van der Waals surface area contributed by atoms with Crippen molar-refractivity contribution in [3.05, 3.63) is 30.1 Å². The van der Waals surface area contributed by atoms with Crippen molar-refractivity contribution < 1.29 is 4.79 Å². The SMILES string of the molecule is Cl.Cl.NCCc1nc2ccccc2n1CC(N)=O. The molecule has 0 unspecified atom stereocenters. The van der Waals surface area contributed by atoms with Crippen LogP contribution in [-0.4, -0.2) is 22.0 Å². The van der Waals surface area contributed by atoms with E-state index in [9.17, 15) is 4.79 Å². The van der Waals surface area contributed by atoms with Gasteiger partial charge in [-0.3, -0.25) is 4.79 Å². The smallest absolute Gasteiger partial charge is 0.237 e. The summed E-state index contributed by atoms with van der Waals surface area (Å²) in [5.41, 5.74) is 12.5. The van der Waals surface area contributed by atoms with E-state index in [2.05, 4.69) is 4.98 Å². The van der Waals surface area contributed by atoms with Crippen LogP contribution in [0.25, 0.3) is 11.0 Å². The summed E-state index contributed by atoms with van der Waals surface area (Å²) in [6.45, 7) is 0.651. The summed E-state index contributed by atoms with van der Waals surface area (Å²) in [5, 5.41) is 0. The van der Waals surface area contributed by atoms with Gasteiger partial charge in [-0.25, -0.2) is 4.98 Å². The van der Waals surface area contributed by atoms with Crippen LogP contribution in [0.1, 0.15) is 5.82 Å². The lowest BCUT2D eigenvalue weighted by molar-refractivity contribution is -0.118. The molecule has 0 bridgehead atoms. The maximum Gasteiger partial charge on any atom is 0.237 e. The number of imidazole rings is 1. The molecule has 4 N–H and O–H groups in total. The second-order valence-electron chi connectivity index (χ2n) is 3.61. The molecule has 2 aromatic rings. The molecule has 0 aliphatic rings. The van der Waals surface area contributed by atoms with Crippen LogP contribution in [0.4, 0.5) is 0 Å². The minimum Gasteiger partial charge on any atom is -0.368 e. The third-order valence-corrected chi connectivity index (χ3v) is 2.42. The number of aromatic nitrogens is 2. The molecule has 5 nitrogen and oxygen atoms in total. The zero-order valence-electron chi connectivity index (χ0n) is 9.70. The van der Waals surface area contributed by atoms with Crippen LogP contribution in [0.2, 0.25) is 0 Å². The van der Waals surface area contributed by atoms with Crippen molar-refractivity contribution >= 4 is 41.8 Å². The molecule has 0 saturated carbocycles. The van der Waals surface area contributed by atoms with E-state index in [1.54, 1.807) is 0 Å². The first kappa shape index (κ1) is 16.7. The first-order chi connectivity index (χ1) is 7.72. The Morgan fingerprint density at radius 3 is 2.56 bits per heavy atom. The van der Waals surface area contributed by atoms with Crippen molar-refractivity contribution in [3.8, 4) is 0 Å². The van der Waals surface area contributed by atoms with Gasteiger partial charge in [0, 0.05) is 6.42 Å². The number of carbonyl (C=O) groups excluding carboxylic acids is 1. The number of hydrogen-bond acceptors (Lipinski definition) is 3. The fourth-order valence-corrected chi connectivity index (χ4v) is 1.78. The number of hydrogen-bond donors (Lipinski definition) is 2. The van der Waals surface area contributed by atoms with Crippen LogP contribution in [0.5, 0.6) is 0 Å². The zero-order valence-corrected chi connectivity index (χ0v) is 11.3. The molecule has 1 amide bonds. The van der Waals surface area contributed by atoms with Gasteiger partial charge in [-0.05, 0) is 18.7 Å². The Kier molecular flexibility index (Phi) is 6.68. The third-order valence-electron chi connectivity index (χ3n) is 2.42. The molecule has 0 aliphatic heterocycles. The second kappa shape index (κ2) is 7.20. The lowest BCUT2D eigenvalue weighted by Gasteiger charge is -2.05. The summed E-state index contributed by atoms with van der Waals surface area (Å²) >= 11 is 0. The Morgan fingerprint density at radius 2 is 1.94 bits per heavy atom. The van der Waals surface area contributed by atoms with E-state index >= 15 is 0 Å². The average Bonchev–Trinajstić information content (AvgIpc) is 2.57. The van der Waals surface area contributed by atoms with Crippen molar-refractivity contribution in [3.63, 3.8) is 0 Å². The van der Waals surface area contributed by atoms with Gasteiger partial charge in [0.25, 0.3) is 0 Å². The quantitative estimate of drug-likeness (QED) is 0.876. The molecule has 0 saturated heterocycles. The molecule has 1 heterocycles. The molecule has 0 spiro atoms. The maximum absolute atomic E-state index is 11.0. The van der Waals surface area contributed by atoms with Gasteiger partial charge < -0.3 is 16.0 Å². The number of benzene rings is 1. The summed E-state index contributed by atoms with van der Waals surface area (Å²) in [6.07, 6.45) is 0.641. The van der Waals surface area contributed by atoms with Crippen LogP contribution < -0.4 is 11.5 Å². The lowest BCUT2D eigenvalue weighted by atomic mass is 10.3. The predicted molar refractivity (Wildman–Crippen MR) is 76.2 cm³/mol.